The predicted octanol–water partition coefficient (Wildman–Crippen LogP) is 1.28. The lowest BCUT2D eigenvalue weighted by Crippen LogP contribution is -2.45. The van der Waals surface area contributed by atoms with E-state index < -0.39 is 0 Å². The zero-order valence-corrected chi connectivity index (χ0v) is 12.7. The van der Waals surface area contributed by atoms with Gasteiger partial charge in [-0.1, -0.05) is 0 Å². The number of fused-ring (bicyclic) bond motifs is 1. The molecule has 0 amide bonds. The van der Waals surface area contributed by atoms with Gasteiger partial charge in [-0.05, 0) is 33.3 Å². The first-order valence-corrected chi connectivity index (χ1v) is 7.29. The molecule has 1 aliphatic rings. The highest BCUT2D eigenvalue weighted by Crippen LogP contribution is 2.19. The van der Waals surface area contributed by atoms with Crippen LogP contribution in [-0.4, -0.2) is 39.6 Å². The van der Waals surface area contributed by atoms with E-state index in [1.54, 1.807) is 12.3 Å². The molecule has 0 saturated carbocycles. The number of hydrogen-bond donors (Lipinski definition) is 2. The number of nitrogens with one attached hydrogen (secondary N) is 2. The molecule has 1 fully saturated rings. The van der Waals surface area contributed by atoms with Crippen LogP contribution in [-0.2, 0) is 0 Å². The summed E-state index contributed by atoms with van der Waals surface area (Å²) in [6.45, 7) is 8.39. The van der Waals surface area contributed by atoms with Crippen LogP contribution in [0, 0.1) is 0 Å². The summed E-state index contributed by atoms with van der Waals surface area (Å²) < 4.78 is 0. The highest BCUT2D eigenvalue weighted by Gasteiger charge is 2.27. The van der Waals surface area contributed by atoms with Gasteiger partial charge in [-0.2, -0.15) is 0 Å². The van der Waals surface area contributed by atoms with Crippen LogP contribution in [0.1, 0.15) is 27.2 Å². The van der Waals surface area contributed by atoms with E-state index in [-0.39, 0.29) is 11.1 Å². The number of nitrogens with zero attached hydrogens (tertiary/aromatic N) is 3. The molecule has 21 heavy (non-hydrogen) atoms. The van der Waals surface area contributed by atoms with Crippen molar-refractivity contribution < 1.29 is 0 Å². The summed E-state index contributed by atoms with van der Waals surface area (Å²) in [7, 11) is 0. The van der Waals surface area contributed by atoms with E-state index >= 15 is 0 Å². The lowest BCUT2D eigenvalue weighted by Gasteiger charge is -2.26. The van der Waals surface area contributed by atoms with Crippen molar-refractivity contribution in [3.8, 4) is 0 Å². The summed E-state index contributed by atoms with van der Waals surface area (Å²) in [6.07, 6.45) is 2.77. The van der Waals surface area contributed by atoms with Gasteiger partial charge in [0.2, 0.25) is 11.5 Å². The fourth-order valence-electron chi connectivity index (χ4n) is 2.76. The van der Waals surface area contributed by atoms with Gasteiger partial charge in [0, 0.05) is 30.7 Å². The maximum Gasteiger partial charge on any atom is 0.248 e. The quantitative estimate of drug-likeness (QED) is 0.870. The standard InChI is InChI=1S/C15H21N5O/c1-15(2,3)19-10-6-7-20(9-10)14-16-8-12-11(18-14)4-5-13(21)17-12/h4-5,8,10,19H,6-7,9H2,1-3H3,(H,17,21)/t10-/m0/s1. The van der Waals surface area contributed by atoms with Gasteiger partial charge in [0.15, 0.2) is 0 Å². The molecular weight excluding hydrogens is 266 g/mol. The summed E-state index contributed by atoms with van der Waals surface area (Å²) >= 11 is 0. The summed E-state index contributed by atoms with van der Waals surface area (Å²) in [4.78, 5) is 25.1. The number of pyridine rings is 1. The van der Waals surface area contributed by atoms with Crippen molar-refractivity contribution in [1.82, 2.24) is 20.3 Å². The maximum absolute atomic E-state index is 11.3. The Balaban J connectivity index is 1.79. The second-order valence-corrected chi connectivity index (χ2v) is 6.62. The monoisotopic (exact) mass is 287 g/mol. The zero-order valence-electron chi connectivity index (χ0n) is 12.7. The lowest BCUT2D eigenvalue weighted by atomic mass is 10.1. The van der Waals surface area contributed by atoms with E-state index in [1.165, 1.54) is 6.07 Å². The van der Waals surface area contributed by atoms with Crippen molar-refractivity contribution in [3.63, 3.8) is 0 Å². The molecule has 0 bridgehead atoms. The summed E-state index contributed by atoms with van der Waals surface area (Å²) in [5.41, 5.74) is 1.43. The summed E-state index contributed by atoms with van der Waals surface area (Å²) in [6, 6.07) is 3.69. The van der Waals surface area contributed by atoms with Crippen LogP contribution in [0.25, 0.3) is 11.0 Å². The average Bonchev–Trinajstić information content (AvgIpc) is 2.84. The molecule has 0 radical (unpaired) electrons. The van der Waals surface area contributed by atoms with E-state index in [0.717, 1.165) is 31.0 Å². The molecule has 0 aliphatic carbocycles. The molecule has 6 nitrogen and oxygen atoms in total. The predicted molar refractivity (Wildman–Crippen MR) is 83.7 cm³/mol. The van der Waals surface area contributed by atoms with Gasteiger partial charge in [0.1, 0.15) is 0 Å². The van der Waals surface area contributed by atoms with Crippen molar-refractivity contribution in [3.05, 3.63) is 28.7 Å². The molecule has 0 spiro atoms. The number of rotatable bonds is 2. The van der Waals surface area contributed by atoms with Crippen molar-refractivity contribution >= 4 is 17.0 Å². The highest BCUT2D eigenvalue weighted by atomic mass is 16.1. The number of H-pyrrole nitrogens is 1. The molecule has 1 saturated heterocycles. The molecule has 6 heteroatoms. The van der Waals surface area contributed by atoms with Crippen molar-refractivity contribution in [2.24, 2.45) is 0 Å². The molecule has 2 aromatic rings. The van der Waals surface area contributed by atoms with Gasteiger partial charge in [0.25, 0.3) is 0 Å². The third-order valence-electron chi connectivity index (χ3n) is 3.56. The Morgan fingerprint density at radius 2 is 2.19 bits per heavy atom. The van der Waals surface area contributed by atoms with Gasteiger partial charge in [0.05, 0.1) is 17.2 Å². The summed E-state index contributed by atoms with van der Waals surface area (Å²) in [5.74, 6) is 0.729. The van der Waals surface area contributed by atoms with E-state index in [9.17, 15) is 4.79 Å². The topological polar surface area (TPSA) is 73.9 Å². The third kappa shape index (κ3) is 3.21. The molecule has 2 N–H and O–H groups in total. The molecule has 0 aromatic carbocycles. The Kier molecular flexibility index (Phi) is 3.41. The highest BCUT2D eigenvalue weighted by molar-refractivity contribution is 5.73. The van der Waals surface area contributed by atoms with Gasteiger partial charge in [-0.3, -0.25) is 4.79 Å². The summed E-state index contributed by atoms with van der Waals surface area (Å²) in [5, 5.41) is 3.62. The Hall–Kier alpha value is -1.95. The van der Waals surface area contributed by atoms with E-state index in [2.05, 4.69) is 45.9 Å². The normalized spacial score (nSPS) is 19.4. The lowest BCUT2D eigenvalue weighted by molar-refractivity contribution is 0.373. The minimum absolute atomic E-state index is 0.115. The largest absolute Gasteiger partial charge is 0.339 e. The van der Waals surface area contributed by atoms with Crippen LogP contribution in [0.2, 0.25) is 0 Å². The minimum Gasteiger partial charge on any atom is -0.339 e. The maximum atomic E-state index is 11.3. The van der Waals surface area contributed by atoms with Crippen LogP contribution >= 0.6 is 0 Å². The van der Waals surface area contributed by atoms with Crippen molar-refractivity contribution in [1.29, 1.82) is 0 Å². The minimum atomic E-state index is -0.130. The van der Waals surface area contributed by atoms with Crippen LogP contribution in [0.4, 0.5) is 5.95 Å². The SMILES string of the molecule is CC(C)(C)N[C@H]1CCN(c2ncc3[nH]c(=O)ccc3n2)C1. The van der Waals surface area contributed by atoms with Gasteiger partial charge in [-0.25, -0.2) is 9.97 Å². The first-order valence-electron chi connectivity index (χ1n) is 7.29. The second-order valence-electron chi connectivity index (χ2n) is 6.62. The van der Waals surface area contributed by atoms with E-state index in [1.807, 2.05) is 0 Å². The number of anilines is 1. The molecule has 2 aromatic heterocycles. The van der Waals surface area contributed by atoms with Gasteiger partial charge < -0.3 is 15.2 Å². The van der Waals surface area contributed by atoms with Gasteiger partial charge in [-0.15, -0.1) is 0 Å². The van der Waals surface area contributed by atoms with Crippen LogP contribution < -0.4 is 15.8 Å². The van der Waals surface area contributed by atoms with E-state index in [0.29, 0.717) is 11.6 Å². The molecule has 3 heterocycles. The van der Waals surface area contributed by atoms with Gasteiger partial charge >= 0.3 is 0 Å². The molecule has 3 rings (SSSR count). The third-order valence-corrected chi connectivity index (χ3v) is 3.56. The number of aromatic amines is 1. The molecule has 0 unspecified atom stereocenters. The number of hydrogen-bond acceptors (Lipinski definition) is 5. The Bertz CT molecular complexity index is 703. The zero-order chi connectivity index (χ0) is 15.0. The fourth-order valence-corrected chi connectivity index (χ4v) is 2.76. The first kappa shape index (κ1) is 14.0. The average molecular weight is 287 g/mol. The second kappa shape index (κ2) is 5.11. The Morgan fingerprint density at radius 3 is 2.95 bits per heavy atom. The molecule has 1 aliphatic heterocycles. The first-order chi connectivity index (χ1) is 9.90. The Morgan fingerprint density at radius 1 is 1.38 bits per heavy atom. The van der Waals surface area contributed by atoms with Crippen LogP contribution in [0.5, 0.6) is 0 Å². The fraction of sp³-hybridized carbons (Fsp3) is 0.533. The van der Waals surface area contributed by atoms with E-state index in [4.69, 9.17) is 0 Å². The van der Waals surface area contributed by atoms with Crippen molar-refractivity contribution in [2.45, 2.75) is 38.8 Å². The van der Waals surface area contributed by atoms with Crippen LogP contribution in [0.3, 0.4) is 0 Å². The Labute approximate surface area is 123 Å². The molecule has 1 atom stereocenters. The molecular formula is C15H21N5O. The number of aromatic nitrogens is 3. The smallest absolute Gasteiger partial charge is 0.248 e. The van der Waals surface area contributed by atoms with Crippen molar-refractivity contribution in [2.75, 3.05) is 18.0 Å². The van der Waals surface area contributed by atoms with Crippen LogP contribution in [0.15, 0.2) is 23.1 Å². The molecule has 112 valence electrons.